The summed E-state index contributed by atoms with van der Waals surface area (Å²) in [5.41, 5.74) is 0.323. The number of para-hydroxylation sites is 1. The molecule has 3 aromatic rings. The van der Waals surface area contributed by atoms with Crippen LogP contribution < -0.4 is 14.8 Å². The van der Waals surface area contributed by atoms with Gasteiger partial charge in [-0.05, 0) is 42.8 Å². The first kappa shape index (κ1) is 24.6. The van der Waals surface area contributed by atoms with E-state index in [0.29, 0.717) is 23.7 Å². The smallest absolute Gasteiger partial charge is 0.418 e. The van der Waals surface area contributed by atoms with E-state index in [0.717, 1.165) is 11.6 Å². The molecule has 0 heterocycles. The van der Waals surface area contributed by atoms with Crippen LogP contribution in [-0.2, 0) is 22.4 Å². The molecule has 178 valence electrons. The fourth-order valence-electron chi connectivity index (χ4n) is 2.92. The molecule has 3 aromatic carbocycles. The molecule has 0 saturated heterocycles. The lowest BCUT2D eigenvalue weighted by atomic mass is 10.1. The van der Waals surface area contributed by atoms with Crippen molar-refractivity contribution in [2.24, 2.45) is 5.16 Å². The average molecular weight is 472 g/mol. The molecular weight excluding hydrogens is 449 g/mol. The van der Waals surface area contributed by atoms with Crippen LogP contribution in [0.1, 0.15) is 23.6 Å². The Morgan fingerprint density at radius 2 is 1.74 bits per heavy atom. The summed E-state index contributed by atoms with van der Waals surface area (Å²) < 4.78 is 50.4. The van der Waals surface area contributed by atoms with E-state index in [1.807, 2.05) is 30.3 Å². The molecule has 3 rings (SSSR count). The van der Waals surface area contributed by atoms with Crippen LogP contribution in [0.25, 0.3) is 0 Å². The minimum atomic E-state index is -4.60. The van der Waals surface area contributed by atoms with E-state index < -0.39 is 23.8 Å². The minimum Gasteiger partial charge on any atom is -0.493 e. The summed E-state index contributed by atoms with van der Waals surface area (Å²) in [6, 6.07) is 19.5. The predicted molar refractivity (Wildman–Crippen MR) is 122 cm³/mol. The van der Waals surface area contributed by atoms with Crippen LogP contribution in [0.4, 0.5) is 18.9 Å². The largest absolute Gasteiger partial charge is 0.493 e. The van der Waals surface area contributed by atoms with Crippen molar-refractivity contribution >= 4 is 17.8 Å². The highest BCUT2D eigenvalue weighted by atomic mass is 19.4. The average Bonchev–Trinajstić information content (AvgIpc) is 2.83. The third-order valence-corrected chi connectivity index (χ3v) is 4.71. The second-order valence-electron chi connectivity index (χ2n) is 7.20. The van der Waals surface area contributed by atoms with E-state index in [2.05, 4.69) is 10.5 Å². The van der Waals surface area contributed by atoms with Gasteiger partial charge in [-0.25, -0.2) is 0 Å². The molecule has 0 aliphatic carbocycles. The first-order valence-corrected chi connectivity index (χ1v) is 10.3. The van der Waals surface area contributed by atoms with E-state index in [4.69, 9.17) is 14.3 Å². The number of alkyl halides is 3. The Hall–Kier alpha value is -4.01. The number of nitrogens with zero attached hydrogens (tertiary/aromatic N) is 1. The molecule has 0 spiro atoms. The maximum atomic E-state index is 13.1. The molecule has 0 fully saturated rings. The van der Waals surface area contributed by atoms with E-state index in [1.54, 1.807) is 18.2 Å². The van der Waals surface area contributed by atoms with Crippen molar-refractivity contribution < 1.29 is 32.3 Å². The van der Waals surface area contributed by atoms with Crippen molar-refractivity contribution in [3.05, 3.63) is 89.5 Å². The summed E-state index contributed by atoms with van der Waals surface area (Å²) in [5, 5.41) is 5.99. The number of nitrogens with one attached hydrogen (secondary N) is 1. The molecule has 34 heavy (non-hydrogen) atoms. The Kier molecular flexibility index (Phi) is 8.13. The number of hydrogen-bond donors (Lipinski definition) is 1. The SMILES string of the molecule is COc1cc(/C=N/OC(C)C(=O)Nc2ccccc2C(F)(F)F)ccc1OCc1ccccc1. The highest BCUT2D eigenvalue weighted by Crippen LogP contribution is 2.34. The second-order valence-corrected chi connectivity index (χ2v) is 7.20. The first-order chi connectivity index (χ1) is 16.3. The van der Waals surface area contributed by atoms with Gasteiger partial charge in [-0.3, -0.25) is 4.79 Å². The highest BCUT2D eigenvalue weighted by Gasteiger charge is 2.34. The second kappa shape index (κ2) is 11.2. The quantitative estimate of drug-likeness (QED) is 0.322. The lowest BCUT2D eigenvalue weighted by molar-refractivity contribution is -0.137. The molecule has 0 radical (unpaired) electrons. The molecule has 0 aromatic heterocycles. The summed E-state index contributed by atoms with van der Waals surface area (Å²) in [5.74, 6) is 0.256. The summed E-state index contributed by atoms with van der Waals surface area (Å²) in [7, 11) is 1.51. The van der Waals surface area contributed by atoms with E-state index >= 15 is 0 Å². The molecule has 0 aliphatic rings. The van der Waals surface area contributed by atoms with Gasteiger partial charge >= 0.3 is 6.18 Å². The number of benzene rings is 3. The number of amides is 1. The topological polar surface area (TPSA) is 69.2 Å². The summed E-state index contributed by atoms with van der Waals surface area (Å²) in [4.78, 5) is 17.4. The number of carbonyl (C=O) groups is 1. The molecule has 0 bridgehead atoms. The van der Waals surface area contributed by atoms with E-state index in [1.165, 1.54) is 38.4 Å². The minimum absolute atomic E-state index is 0.352. The third kappa shape index (κ3) is 6.74. The molecule has 0 saturated carbocycles. The van der Waals surface area contributed by atoms with Gasteiger partial charge < -0.3 is 19.6 Å². The normalized spacial score (nSPS) is 12.3. The maximum absolute atomic E-state index is 13.1. The van der Waals surface area contributed by atoms with Gasteiger partial charge in [-0.15, -0.1) is 0 Å². The standard InChI is InChI=1S/C25H23F3N2O4/c1-17(24(31)30-21-11-7-6-10-20(21)25(26,27)28)34-29-15-19-12-13-22(23(14-19)32-2)33-16-18-8-4-3-5-9-18/h3-15,17H,16H2,1-2H3,(H,30,31)/b29-15+. The van der Waals surface area contributed by atoms with Gasteiger partial charge in [-0.2, -0.15) is 13.2 Å². The van der Waals surface area contributed by atoms with Gasteiger partial charge in [0.2, 0.25) is 6.10 Å². The monoisotopic (exact) mass is 472 g/mol. The van der Waals surface area contributed by atoms with Crippen LogP contribution in [0, 0.1) is 0 Å². The number of oxime groups is 1. The Balaban J connectivity index is 1.58. The van der Waals surface area contributed by atoms with Gasteiger partial charge in [0.15, 0.2) is 11.5 Å². The lowest BCUT2D eigenvalue weighted by Crippen LogP contribution is -2.27. The van der Waals surface area contributed by atoms with Crippen LogP contribution >= 0.6 is 0 Å². The summed E-state index contributed by atoms with van der Waals surface area (Å²) in [6.07, 6.45) is -4.37. The molecular formula is C25H23F3N2O4. The van der Waals surface area contributed by atoms with Crippen LogP contribution in [0.15, 0.2) is 78.0 Å². The van der Waals surface area contributed by atoms with E-state index in [-0.39, 0.29) is 5.69 Å². The molecule has 9 heteroatoms. The number of hydrogen-bond acceptors (Lipinski definition) is 5. The Morgan fingerprint density at radius 1 is 1.03 bits per heavy atom. The molecule has 0 aliphatic heterocycles. The number of methoxy groups -OCH3 is 1. The van der Waals surface area contributed by atoms with Crippen LogP contribution in [0.5, 0.6) is 11.5 Å². The summed E-state index contributed by atoms with van der Waals surface area (Å²) in [6.45, 7) is 1.75. The zero-order chi connectivity index (χ0) is 24.6. The number of ether oxygens (including phenoxy) is 2. The fraction of sp³-hybridized carbons (Fsp3) is 0.200. The first-order valence-electron chi connectivity index (χ1n) is 10.3. The maximum Gasteiger partial charge on any atom is 0.418 e. The van der Waals surface area contributed by atoms with Gasteiger partial charge in [0, 0.05) is 5.56 Å². The Bertz CT molecular complexity index is 1130. The molecule has 1 amide bonds. The number of anilines is 1. The number of carbonyl (C=O) groups excluding carboxylic acids is 1. The van der Waals surface area contributed by atoms with Crippen molar-refractivity contribution in [1.29, 1.82) is 0 Å². The number of rotatable bonds is 9. The van der Waals surface area contributed by atoms with Gasteiger partial charge in [-0.1, -0.05) is 47.6 Å². The third-order valence-electron chi connectivity index (χ3n) is 4.71. The van der Waals surface area contributed by atoms with Crippen molar-refractivity contribution in [2.45, 2.75) is 25.8 Å². The Morgan fingerprint density at radius 3 is 2.44 bits per heavy atom. The van der Waals surface area contributed by atoms with Crippen molar-refractivity contribution in [3.63, 3.8) is 0 Å². The van der Waals surface area contributed by atoms with Crippen molar-refractivity contribution in [1.82, 2.24) is 0 Å². The fourth-order valence-corrected chi connectivity index (χ4v) is 2.92. The zero-order valence-electron chi connectivity index (χ0n) is 18.5. The molecule has 1 N–H and O–H groups in total. The van der Waals surface area contributed by atoms with Gasteiger partial charge in [0.1, 0.15) is 6.61 Å². The number of halogens is 3. The van der Waals surface area contributed by atoms with Crippen LogP contribution in [0.2, 0.25) is 0 Å². The summed E-state index contributed by atoms with van der Waals surface area (Å²) >= 11 is 0. The van der Waals surface area contributed by atoms with Gasteiger partial charge in [0.05, 0.1) is 24.6 Å². The van der Waals surface area contributed by atoms with Gasteiger partial charge in [0.25, 0.3) is 5.91 Å². The Labute approximate surface area is 194 Å². The molecule has 1 unspecified atom stereocenters. The molecule has 1 atom stereocenters. The predicted octanol–water partition coefficient (Wildman–Crippen LogP) is 5.67. The van der Waals surface area contributed by atoms with Crippen molar-refractivity contribution in [2.75, 3.05) is 12.4 Å². The highest BCUT2D eigenvalue weighted by molar-refractivity contribution is 5.94. The van der Waals surface area contributed by atoms with E-state index in [9.17, 15) is 18.0 Å². The lowest BCUT2D eigenvalue weighted by Gasteiger charge is -2.15. The zero-order valence-corrected chi connectivity index (χ0v) is 18.5. The van der Waals surface area contributed by atoms with Crippen molar-refractivity contribution in [3.8, 4) is 11.5 Å². The van der Waals surface area contributed by atoms with Crippen LogP contribution in [0.3, 0.4) is 0 Å². The van der Waals surface area contributed by atoms with Crippen LogP contribution in [-0.4, -0.2) is 25.3 Å². The molecule has 6 nitrogen and oxygen atoms in total.